The standard InChI is InChI=1S/9C12H27N.3H3O4P/c9*1-4-7-10-13(11-8-5-2)12-9-6-3;3*1-5(2,3)4/h9*4-12H2,1-3H3;3*(H3,1,2,3,4). The zero-order valence-electron chi connectivity index (χ0n) is 95.0. The third-order valence-corrected chi connectivity index (χ3v) is 23.9. The average Bonchev–Trinajstić information content (AvgIpc) is 1.04. The van der Waals surface area contributed by atoms with Gasteiger partial charge in [-0.1, -0.05) is 360 Å². The molecular weight excluding hydrogens is 1710 g/mol. The summed E-state index contributed by atoms with van der Waals surface area (Å²) >= 11 is 0. The van der Waals surface area contributed by atoms with Crippen molar-refractivity contribution in [2.24, 2.45) is 0 Å². The van der Waals surface area contributed by atoms with Gasteiger partial charge >= 0.3 is 0 Å². The molecule has 0 atom stereocenters. The van der Waals surface area contributed by atoms with Crippen molar-refractivity contribution >= 4 is 23.5 Å². The Labute approximate surface area is 830 Å². The van der Waals surface area contributed by atoms with Crippen molar-refractivity contribution in [2.75, 3.05) is 177 Å². The summed E-state index contributed by atoms with van der Waals surface area (Å²) in [5.41, 5.74) is 0. The topological polar surface area (TPSA) is 299 Å². The van der Waals surface area contributed by atoms with Gasteiger partial charge in [-0.15, -0.1) is 0 Å². The van der Waals surface area contributed by atoms with Crippen LogP contribution >= 0.6 is 23.5 Å². The van der Waals surface area contributed by atoms with E-state index in [-0.39, 0.29) is 0 Å². The highest BCUT2D eigenvalue weighted by molar-refractivity contribution is 7.40. The second kappa shape index (κ2) is 139. The van der Waals surface area contributed by atoms with Gasteiger partial charge in [-0.2, -0.15) is 23.5 Å². The molecule has 0 aliphatic carbocycles. The largest absolute Gasteiger partial charge is 0.822 e. The normalized spacial score (nSPS) is 11.2. The number of hydrogen-bond donors (Lipinski definition) is 9. The van der Waals surface area contributed by atoms with Crippen LogP contribution in [-0.2, 0) is 13.7 Å². The highest BCUT2D eigenvalue weighted by atomic mass is 31.2. The van der Waals surface area contributed by atoms with Gasteiger partial charge in [0.1, 0.15) is 0 Å². The smallest absolute Gasteiger partial charge is 0.0770 e. The van der Waals surface area contributed by atoms with Gasteiger partial charge in [-0.25, -0.2) is 0 Å². The van der Waals surface area contributed by atoms with Crippen molar-refractivity contribution in [2.45, 2.75) is 534 Å². The molecule has 24 heteroatoms. The van der Waals surface area contributed by atoms with Crippen molar-refractivity contribution in [3.8, 4) is 0 Å². The van der Waals surface area contributed by atoms with E-state index in [2.05, 4.69) is 187 Å². The highest BCUT2D eigenvalue weighted by Crippen LogP contribution is 2.05. The summed E-state index contributed by atoms with van der Waals surface area (Å²) in [7, 11) is -16.2. The molecule has 0 aromatic carbocycles. The summed E-state index contributed by atoms with van der Waals surface area (Å²) in [5, 5.41) is 0. The fraction of sp³-hybridized carbons (Fsp3) is 1.00. The number of quaternary nitrogens is 9. The van der Waals surface area contributed by atoms with E-state index in [0.717, 1.165) is 0 Å². The first-order valence-corrected chi connectivity index (χ1v) is 62.2. The van der Waals surface area contributed by atoms with E-state index in [1.54, 1.807) is 0 Å². The molecule has 21 nitrogen and oxygen atoms in total. The third-order valence-electron chi connectivity index (χ3n) is 23.9. The molecule has 0 saturated heterocycles. The predicted molar refractivity (Wildman–Crippen MR) is 565 cm³/mol. The molecule has 0 unspecified atom stereocenters. The summed E-state index contributed by atoms with van der Waals surface area (Å²) in [6.07, 6.45) is 74.4. The first-order chi connectivity index (χ1) is 63.1. The maximum absolute atomic E-state index is 8.55. The van der Waals surface area contributed by atoms with E-state index in [4.69, 9.17) is 57.7 Å². The van der Waals surface area contributed by atoms with Crippen LogP contribution in [0.1, 0.15) is 534 Å². The summed E-state index contributed by atoms with van der Waals surface area (Å²) in [6, 6.07) is 0. The summed E-state index contributed by atoms with van der Waals surface area (Å²) in [5.74, 6) is 0. The Morgan fingerprint density at radius 1 is 0.106 bits per heavy atom. The second-order valence-corrected chi connectivity index (χ2v) is 40.6. The Morgan fingerprint density at radius 2 is 0.136 bits per heavy atom. The number of phosphoric acid groups is 3. The molecular formula is C108H252N9O12P3. The Kier molecular flexibility index (Phi) is 166. The number of nitrogens with one attached hydrogen (secondary N) is 9. The zero-order valence-corrected chi connectivity index (χ0v) is 97.7. The average molecular weight is 1960 g/mol. The molecule has 9 N–H and O–H groups in total. The molecule has 0 bridgehead atoms. The summed E-state index contributed by atoms with van der Waals surface area (Å²) in [6.45, 7) is 99.6. The van der Waals surface area contributed by atoms with Crippen molar-refractivity contribution in [1.29, 1.82) is 0 Å². The second-order valence-electron chi connectivity index (χ2n) is 37.9. The Balaban J connectivity index is -0.000000120. The van der Waals surface area contributed by atoms with E-state index >= 15 is 0 Å². The molecule has 0 spiro atoms. The van der Waals surface area contributed by atoms with Gasteiger partial charge in [0.25, 0.3) is 0 Å². The van der Waals surface area contributed by atoms with E-state index in [9.17, 15) is 0 Å². The van der Waals surface area contributed by atoms with Crippen molar-refractivity contribution in [3.63, 3.8) is 0 Å². The number of unbranched alkanes of at least 4 members (excludes halogenated alkanes) is 27. The van der Waals surface area contributed by atoms with Gasteiger partial charge in [0.2, 0.25) is 0 Å². The van der Waals surface area contributed by atoms with Crippen LogP contribution in [0, 0.1) is 0 Å². The van der Waals surface area contributed by atoms with Crippen LogP contribution in [0.3, 0.4) is 0 Å². The first kappa shape index (κ1) is 157. The van der Waals surface area contributed by atoms with E-state index < -0.39 is 23.5 Å². The molecule has 0 aromatic heterocycles. The minimum absolute atomic E-state index is 1.35. The minimum atomic E-state index is -5.39. The first-order valence-electron chi connectivity index (χ1n) is 57.8. The Morgan fingerprint density at radius 3 is 0.159 bits per heavy atom. The lowest BCUT2D eigenvalue weighted by atomic mass is 10.2. The highest BCUT2D eigenvalue weighted by Gasteiger charge is 2.13. The van der Waals surface area contributed by atoms with Gasteiger partial charge in [0.05, 0.1) is 177 Å². The minimum Gasteiger partial charge on any atom is -0.822 e. The molecule has 0 amide bonds. The maximum atomic E-state index is 8.55. The third kappa shape index (κ3) is 185. The van der Waals surface area contributed by atoms with Gasteiger partial charge in [-0.3, -0.25) is 0 Å². The number of hydrogen-bond acceptors (Lipinski definition) is 12. The van der Waals surface area contributed by atoms with Crippen LogP contribution < -0.4 is 88.1 Å². The lowest BCUT2D eigenvalue weighted by Crippen LogP contribution is -3.12. The van der Waals surface area contributed by atoms with Crippen LogP contribution in [0.4, 0.5) is 0 Å². The molecule has 816 valence electrons. The zero-order chi connectivity index (χ0) is 103. The quantitative estimate of drug-likeness (QED) is 0.0257. The van der Waals surface area contributed by atoms with Crippen molar-refractivity contribution < 1.29 is 102 Å². The fourth-order valence-corrected chi connectivity index (χ4v) is 14.9. The summed E-state index contributed by atoms with van der Waals surface area (Å²) < 4.78 is 25.6. The van der Waals surface area contributed by atoms with Crippen LogP contribution in [0.15, 0.2) is 0 Å². The fourth-order valence-electron chi connectivity index (χ4n) is 14.9. The Bertz CT molecular complexity index is 1460. The van der Waals surface area contributed by atoms with Crippen LogP contribution in [0.2, 0.25) is 0 Å². The van der Waals surface area contributed by atoms with Crippen LogP contribution in [-0.4, -0.2) is 177 Å². The molecule has 132 heavy (non-hydrogen) atoms. The van der Waals surface area contributed by atoms with Crippen LogP contribution in [0.5, 0.6) is 0 Å². The van der Waals surface area contributed by atoms with Crippen LogP contribution in [0.25, 0.3) is 0 Å². The van der Waals surface area contributed by atoms with Crippen molar-refractivity contribution in [3.05, 3.63) is 0 Å². The molecule has 0 aliphatic rings. The molecule has 0 rings (SSSR count). The van der Waals surface area contributed by atoms with Crippen molar-refractivity contribution in [1.82, 2.24) is 0 Å². The maximum Gasteiger partial charge on any atom is 0.0770 e. The summed E-state index contributed by atoms with van der Waals surface area (Å²) in [4.78, 5) is 93.5. The number of rotatable bonds is 81. The van der Waals surface area contributed by atoms with Gasteiger partial charge < -0.3 is 102 Å². The van der Waals surface area contributed by atoms with Gasteiger partial charge in [-0.05, 0) is 173 Å². The lowest BCUT2D eigenvalue weighted by Gasteiger charge is -2.36. The SMILES string of the molecule is CCCC[NH+](CCCC)CCCC.CCCC[NH+](CCCC)CCCC.CCCC[NH+](CCCC)CCCC.CCCC[NH+](CCCC)CCCC.CCCC[NH+](CCCC)CCCC.CCCC[NH+](CCCC)CCCC.CCCC[NH+](CCCC)CCCC.CCCC[NH+](CCCC)CCCC.CCCC[NH+](CCCC)CCCC.O=P([O-])([O-])[O-].O=P([O-])([O-])[O-].O=P([O-])([O-])[O-]. The molecule has 0 radical (unpaired) electrons. The molecule has 0 saturated carbocycles. The van der Waals surface area contributed by atoms with E-state index in [1.807, 2.05) is 44.1 Å². The molecule has 0 aliphatic heterocycles. The van der Waals surface area contributed by atoms with Gasteiger partial charge in [0.15, 0.2) is 0 Å². The molecule has 0 fully saturated rings. The van der Waals surface area contributed by atoms with E-state index in [0.29, 0.717) is 0 Å². The van der Waals surface area contributed by atoms with E-state index in [1.165, 1.54) is 523 Å². The van der Waals surface area contributed by atoms with Gasteiger partial charge in [0, 0.05) is 0 Å². The predicted octanol–water partition coefficient (Wildman–Crippen LogP) is 12.0. The molecule has 0 aromatic rings. The monoisotopic (exact) mass is 1960 g/mol. The Hall–Kier alpha value is -0.0300. The molecule has 0 heterocycles. The lowest BCUT2D eigenvalue weighted by molar-refractivity contribution is -0.900.